The molecule has 0 aliphatic carbocycles. The molecule has 0 aliphatic rings. The van der Waals surface area contributed by atoms with Gasteiger partial charge >= 0.3 is 0 Å². The number of nitrogens with zero attached hydrogens (tertiary/aromatic N) is 2. The average molecular weight is 243 g/mol. The number of H-pyrrole nitrogens is 1. The lowest BCUT2D eigenvalue weighted by Gasteiger charge is -2.03. The zero-order chi connectivity index (χ0) is 12.5. The van der Waals surface area contributed by atoms with Crippen molar-refractivity contribution in [3.8, 4) is 17.1 Å². The zero-order valence-electron chi connectivity index (χ0n) is 9.64. The Hall–Kier alpha value is -2.43. The fraction of sp³-hybridized carbons (Fsp3) is 0.0769. The van der Waals surface area contributed by atoms with Gasteiger partial charge in [-0.1, -0.05) is 0 Å². The second kappa shape index (κ2) is 4.10. The molecule has 0 saturated heterocycles. The zero-order valence-corrected chi connectivity index (χ0v) is 9.64. The summed E-state index contributed by atoms with van der Waals surface area (Å²) in [6.07, 6.45) is 1.68. The van der Waals surface area contributed by atoms with Crippen LogP contribution in [0.15, 0.2) is 36.5 Å². The van der Waals surface area contributed by atoms with Crippen molar-refractivity contribution in [2.24, 2.45) is 0 Å². The van der Waals surface area contributed by atoms with Crippen molar-refractivity contribution in [1.82, 2.24) is 15.0 Å². The van der Waals surface area contributed by atoms with E-state index in [0.29, 0.717) is 11.5 Å². The van der Waals surface area contributed by atoms with Gasteiger partial charge in [0.15, 0.2) is 17.2 Å². The van der Waals surface area contributed by atoms with Gasteiger partial charge in [-0.05, 0) is 30.3 Å². The predicted molar refractivity (Wildman–Crippen MR) is 65.8 cm³/mol. The molecule has 0 aliphatic heterocycles. The van der Waals surface area contributed by atoms with E-state index < -0.39 is 5.82 Å². The van der Waals surface area contributed by atoms with Gasteiger partial charge in [0.1, 0.15) is 5.82 Å². The third-order valence-electron chi connectivity index (χ3n) is 2.68. The van der Waals surface area contributed by atoms with E-state index in [1.165, 1.54) is 13.2 Å². The quantitative estimate of drug-likeness (QED) is 0.753. The average Bonchev–Trinajstić information content (AvgIpc) is 2.83. The number of halogens is 1. The Morgan fingerprint density at radius 2 is 2.17 bits per heavy atom. The molecular weight excluding hydrogens is 233 g/mol. The molecular formula is C13H10FN3O. The number of imidazole rings is 1. The molecule has 5 heteroatoms. The van der Waals surface area contributed by atoms with E-state index in [1.54, 1.807) is 18.3 Å². The summed E-state index contributed by atoms with van der Waals surface area (Å²) < 4.78 is 18.3. The van der Waals surface area contributed by atoms with Crippen LogP contribution in [0, 0.1) is 5.82 Å². The molecule has 2 aromatic heterocycles. The summed E-state index contributed by atoms with van der Waals surface area (Å²) in [6, 6.07) is 8.33. The monoisotopic (exact) mass is 243 g/mol. The van der Waals surface area contributed by atoms with E-state index >= 15 is 0 Å². The van der Waals surface area contributed by atoms with Gasteiger partial charge in [-0.25, -0.2) is 14.4 Å². The van der Waals surface area contributed by atoms with Gasteiger partial charge in [0.2, 0.25) is 0 Å². The number of nitrogens with one attached hydrogen (secondary N) is 1. The molecule has 0 bridgehead atoms. The van der Waals surface area contributed by atoms with Crippen LogP contribution in [0.25, 0.3) is 22.6 Å². The van der Waals surface area contributed by atoms with Crippen LogP contribution in [-0.4, -0.2) is 22.1 Å². The number of hydrogen-bond donors (Lipinski definition) is 1. The van der Waals surface area contributed by atoms with Crippen molar-refractivity contribution in [1.29, 1.82) is 0 Å². The minimum atomic E-state index is -0.393. The van der Waals surface area contributed by atoms with E-state index in [2.05, 4.69) is 15.0 Å². The predicted octanol–water partition coefficient (Wildman–Crippen LogP) is 2.77. The van der Waals surface area contributed by atoms with Crippen LogP contribution >= 0.6 is 0 Å². The van der Waals surface area contributed by atoms with Crippen LogP contribution in [0.5, 0.6) is 5.75 Å². The number of aromatic nitrogens is 3. The lowest BCUT2D eigenvalue weighted by Crippen LogP contribution is -1.89. The molecule has 0 unspecified atom stereocenters. The first kappa shape index (κ1) is 10.7. The lowest BCUT2D eigenvalue weighted by molar-refractivity contribution is 0.387. The highest BCUT2D eigenvalue weighted by molar-refractivity contribution is 5.75. The molecule has 3 rings (SSSR count). The first-order valence-corrected chi connectivity index (χ1v) is 5.42. The molecule has 0 fully saturated rings. The third-order valence-corrected chi connectivity index (χ3v) is 2.68. The van der Waals surface area contributed by atoms with Gasteiger partial charge in [0.25, 0.3) is 0 Å². The summed E-state index contributed by atoms with van der Waals surface area (Å²) in [5, 5.41) is 0. The van der Waals surface area contributed by atoms with Crippen LogP contribution in [0.2, 0.25) is 0 Å². The number of aromatic amines is 1. The Morgan fingerprint density at radius 1 is 1.28 bits per heavy atom. The number of ether oxygens (including phenoxy) is 1. The van der Waals surface area contributed by atoms with Crippen molar-refractivity contribution in [3.63, 3.8) is 0 Å². The Kier molecular flexibility index (Phi) is 2.44. The third kappa shape index (κ3) is 1.69. The van der Waals surface area contributed by atoms with Crippen molar-refractivity contribution < 1.29 is 9.13 Å². The van der Waals surface area contributed by atoms with Gasteiger partial charge in [-0.3, -0.25) is 0 Å². The minimum absolute atomic E-state index is 0.195. The summed E-state index contributed by atoms with van der Waals surface area (Å²) in [5.41, 5.74) is 2.23. The summed E-state index contributed by atoms with van der Waals surface area (Å²) >= 11 is 0. The molecule has 1 N–H and O–H groups in total. The largest absolute Gasteiger partial charge is 0.494 e. The first-order valence-electron chi connectivity index (χ1n) is 5.42. The summed E-state index contributed by atoms with van der Waals surface area (Å²) in [4.78, 5) is 11.6. The van der Waals surface area contributed by atoms with Gasteiger partial charge in [-0.15, -0.1) is 0 Å². The van der Waals surface area contributed by atoms with Gasteiger partial charge in [0, 0.05) is 11.8 Å². The molecule has 0 atom stereocenters. The molecule has 1 aromatic carbocycles. The van der Waals surface area contributed by atoms with E-state index in [0.717, 1.165) is 11.1 Å². The second-order valence-corrected chi connectivity index (χ2v) is 3.81. The fourth-order valence-corrected chi connectivity index (χ4v) is 1.79. The standard InChI is InChI=1S/C13H10FN3O/c1-18-11-7-8(4-5-9(11)14)12-16-10-3-2-6-15-13(10)17-12/h2-7H,1H3,(H,15,16,17). The SMILES string of the molecule is COc1cc(-c2nc3ncccc3[nH]2)ccc1F. The number of methoxy groups -OCH3 is 1. The van der Waals surface area contributed by atoms with Crippen molar-refractivity contribution in [2.45, 2.75) is 0 Å². The Bertz CT molecular complexity index is 675. The highest BCUT2D eigenvalue weighted by Crippen LogP contribution is 2.25. The van der Waals surface area contributed by atoms with Crippen molar-refractivity contribution >= 4 is 11.2 Å². The van der Waals surface area contributed by atoms with Crippen LogP contribution in [0.3, 0.4) is 0 Å². The van der Waals surface area contributed by atoms with Crippen LogP contribution in [0.4, 0.5) is 4.39 Å². The lowest BCUT2D eigenvalue weighted by atomic mass is 10.2. The molecule has 4 nitrogen and oxygen atoms in total. The number of rotatable bonds is 2. The van der Waals surface area contributed by atoms with Gasteiger partial charge in [-0.2, -0.15) is 0 Å². The number of hydrogen-bond acceptors (Lipinski definition) is 3. The van der Waals surface area contributed by atoms with E-state index in [4.69, 9.17) is 4.74 Å². The fourth-order valence-electron chi connectivity index (χ4n) is 1.79. The van der Waals surface area contributed by atoms with E-state index in [9.17, 15) is 4.39 Å². The summed E-state index contributed by atoms with van der Waals surface area (Å²) in [7, 11) is 1.43. The summed E-state index contributed by atoms with van der Waals surface area (Å²) in [6.45, 7) is 0. The maximum Gasteiger partial charge on any atom is 0.178 e. The number of benzene rings is 1. The maximum atomic E-state index is 13.3. The highest BCUT2D eigenvalue weighted by atomic mass is 19.1. The van der Waals surface area contributed by atoms with E-state index in [1.807, 2.05) is 12.1 Å². The maximum absolute atomic E-state index is 13.3. The summed E-state index contributed by atoms with van der Waals surface area (Å²) in [5.74, 6) is 0.443. The Labute approximate surface area is 102 Å². The topological polar surface area (TPSA) is 50.8 Å². The molecule has 3 aromatic rings. The smallest absolute Gasteiger partial charge is 0.178 e. The van der Waals surface area contributed by atoms with E-state index in [-0.39, 0.29) is 5.75 Å². The number of pyridine rings is 1. The molecule has 0 saturated carbocycles. The number of fused-ring (bicyclic) bond motifs is 1. The first-order chi connectivity index (χ1) is 8.78. The normalized spacial score (nSPS) is 10.8. The van der Waals surface area contributed by atoms with Crippen LogP contribution < -0.4 is 4.74 Å². The molecule has 0 spiro atoms. The molecule has 0 amide bonds. The minimum Gasteiger partial charge on any atom is -0.494 e. The highest BCUT2D eigenvalue weighted by Gasteiger charge is 2.09. The Morgan fingerprint density at radius 3 is 2.94 bits per heavy atom. The van der Waals surface area contributed by atoms with Crippen LogP contribution in [0.1, 0.15) is 0 Å². The molecule has 18 heavy (non-hydrogen) atoms. The molecule has 90 valence electrons. The van der Waals surface area contributed by atoms with Gasteiger partial charge < -0.3 is 9.72 Å². The van der Waals surface area contributed by atoms with Crippen molar-refractivity contribution in [2.75, 3.05) is 7.11 Å². The Balaban J connectivity index is 2.13. The molecule has 2 heterocycles. The molecule has 0 radical (unpaired) electrons. The second-order valence-electron chi connectivity index (χ2n) is 3.81. The van der Waals surface area contributed by atoms with Gasteiger partial charge in [0.05, 0.1) is 12.6 Å². The van der Waals surface area contributed by atoms with Crippen LogP contribution in [-0.2, 0) is 0 Å². The van der Waals surface area contributed by atoms with Crippen molar-refractivity contribution in [3.05, 3.63) is 42.3 Å².